The second-order valence-corrected chi connectivity index (χ2v) is 8.26. The van der Waals surface area contributed by atoms with E-state index in [9.17, 15) is 22.4 Å². The van der Waals surface area contributed by atoms with Crippen molar-refractivity contribution in [1.29, 1.82) is 0 Å². The average molecular weight is 451 g/mol. The first-order valence-corrected chi connectivity index (χ1v) is 10.5. The maximum absolute atomic E-state index is 13.5. The molecule has 172 valence electrons. The molecule has 9 heteroatoms. The summed E-state index contributed by atoms with van der Waals surface area (Å²) in [4.78, 5) is 15.2. The highest BCUT2D eigenvalue weighted by molar-refractivity contribution is 5.82. The second-order valence-electron chi connectivity index (χ2n) is 8.26. The van der Waals surface area contributed by atoms with Crippen LogP contribution >= 0.6 is 0 Å². The summed E-state index contributed by atoms with van der Waals surface area (Å²) in [6, 6.07) is 12.1. The number of rotatable bonds is 4. The van der Waals surface area contributed by atoms with Gasteiger partial charge in [-0.05, 0) is 41.7 Å². The topological polar surface area (TPSA) is 67.6 Å². The van der Waals surface area contributed by atoms with E-state index < -0.39 is 37.0 Å². The number of hydrogen-bond acceptors (Lipinski definition) is 4. The number of nitrogens with zero attached hydrogens (tertiary/aromatic N) is 1. The highest BCUT2D eigenvalue weighted by atomic mass is 19.4. The standard InChI is InChI=1S/C23H25F4N3O2/c24-16-7-5-15(6-8-16)21-17-4-2-1-3-14(17)9-10-30(21)22(31)20-11-18(28)19(12-32-20)29-13-23(25,26)27/h1-8,18-21,29H,9-13,28H2/t18-,19-,20+,21-/m0/s1. The second kappa shape index (κ2) is 9.17. The number of nitrogens with two attached hydrogens (primary N) is 1. The van der Waals surface area contributed by atoms with E-state index >= 15 is 0 Å². The Kier molecular flexibility index (Phi) is 6.50. The Morgan fingerprint density at radius 2 is 1.88 bits per heavy atom. The van der Waals surface area contributed by atoms with Gasteiger partial charge in [-0.3, -0.25) is 4.79 Å². The minimum atomic E-state index is -4.35. The Balaban J connectivity index is 1.53. The molecule has 0 aliphatic carbocycles. The summed E-state index contributed by atoms with van der Waals surface area (Å²) in [6.07, 6.45) is -4.42. The van der Waals surface area contributed by atoms with Crippen molar-refractivity contribution in [2.24, 2.45) is 5.73 Å². The zero-order valence-corrected chi connectivity index (χ0v) is 17.3. The van der Waals surface area contributed by atoms with E-state index in [4.69, 9.17) is 10.5 Å². The first kappa shape index (κ1) is 22.7. The number of amides is 1. The molecule has 0 unspecified atom stereocenters. The molecule has 2 aliphatic heterocycles. The summed E-state index contributed by atoms with van der Waals surface area (Å²) in [5, 5.41) is 2.37. The fourth-order valence-corrected chi connectivity index (χ4v) is 4.45. The van der Waals surface area contributed by atoms with Crippen LogP contribution in [0.1, 0.15) is 29.2 Å². The Hall–Kier alpha value is -2.49. The Bertz CT molecular complexity index is 951. The molecule has 5 nitrogen and oxygen atoms in total. The van der Waals surface area contributed by atoms with Crippen LogP contribution in [0, 0.1) is 5.82 Å². The van der Waals surface area contributed by atoms with Crippen molar-refractivity contribution in [3.05, 3.63) is 71.0 Å². The Morgan fingerprint density at radius 3 is 2.56 bits per heavy atom. The number of hydrogen-bond donors (Lipinski definition) is 2. The maximum Gasteiger partial charge on any atom is 0.401 e. The lowest BCUT2D eigenvalue weighted by atomic mass is 9.87. The summed E-state index contributed by atoms with van der Waals surface area (Å²) in [6.45, 7) is -0.801. The normalized spacial score (nSPS) is 26.0. The highest BCUT2D eigenvalue weighted by Crippen LogP contribution is 2.36. The first-order valence-electron chi connectivity index (χ1n) is 10.5. The lowest BCUT2D eigenvalue weighted by Crippen LogP contribution is -2.58. The van der Waals surface area contributed by atoms with E-state index in [1.54, 1.807) is 17.0 Å². The lowest BCUT2D eigenvalue weighted by Gasteiger charge is -2.41. The van der Waals surface area contributed by atoms with Gasteiger partial charge in [0.25, 0.3) is 5.91 Å². The van der Waals surface area contributed by atoms with Gasteiger partial charge in [0.05, 0.1) is 19.2 Å². The number of nitrogens with one attached hydrogen (secondary N) is 1. The zero-order chi connectivity index (χ0) is 22.9. The van der Waals surface area contributed by atoms with Crippen LogP contribution in [0.2, 0.25) is 0 Å². The summed E-state index contributed by atoms with van der Waals surface area (Å²) >= 11 is 0. The molecule has 1 saturated heterocycles. The van der Waals surface area contributed by atoms with Crippen LogP contribution in [0.3, 0.4) is 0 Å². The number of halogens is 4. The third-order valence-electron chi connectivity index (χ3n) is 6.07. The van der Waals surface area contributed by atoms with Gasteiger partial charge >= 0.3 is 6.18 Å². The molecule has 2 aromatic carbocycles. The van der Waals surface area contributed by atoms with E-state index in [1.807, 2.05) is 24.3 Å². The fourth-order valence-electron chi connectivity index (χ4n) is 4.45. The predicted molar refractivity (Wildman–Crippen MR) is 110 cm³/mol. The highest BCUT2D eigenvalue weighted by Gasteiger charge is 2.40. The average Bonchev–Trinajstić information content (AvgIpc) is 2.77. The molecule has 0 radical (unpaired) electrons. The molecule has 2 aliphatic rings. The number of ether oxygens (including phenoxy) is 1. The molecule has 4 atom stereocenters. The summed E-state index contributed by atoms with van der Waals surface area (Å²) < 4.78 is 56.7. The van der Waals surface area contributed by atoms with Gasteiger partial charge in [0.1, 0.15) is 11.9 Å². The van der Waals surface area contributed by atoms with E-state index in [0.717, 1.165) is 16.7 Å². The number of carbonyl (C=O) groups excluding carboxylic acids is 1. The third-order valence-corrected chi connectivity index (χ3v) is 6.07. The fraction of sp³-hybridized carbons (Fsp3) is 0.435. The lowest BCUT2D eigenvalue weighted by molar-refractivity contribution is -0.152. The van der Waals surface area contributed by atoms with Crippen LogP contribution in [0.15, 0.2) is 48.5 Å². The van der Waals surface area contributed by atoms with Crippen molar-refractivity contribution in [1.82, 2.24) is 10.2 Å². The first-order chi connectivity index (χ1) is 15.2. The third kappa shape index (κ3) is 4.95. The SMILES string of the molecule is N[C@H]1C[C@H](C(=O)N2CCc3ccccc3[C@@H]2c2ccc(F)cc2)OC[C@@H]1NCC(F)(F)F. The van der Waals surface area contributed by atoms with Crippen molar-refractivity contribution in [3.8, 4) is 0 Å². The molecule has 0 spiro atoms. The number of benzene rings is 2. The van der Waals surface area contributed by atoms with Gasteiger partial charge in [0.15, 0.2) is 0 Å². The van der Waals surface area contributed by atoms with E-state index in [0.29, 0.717) is 13.0 Å². The molecule has 2 aromatic rings. The molecule has 0 aromatic heterocycles. The van der Waals surface area contributed by atoms with Crippen molar-refractivity contribution >= 4 is 5.91 Å². The Labute approximate surface area is 183 Å². The largest absolute Gasteiger partial charge is 0.401 e. The maximum atomic E-state index is 13.5. The number of alkyl halides is 3. The van der Waals surface area contributed by atoms with Crippen LogP contribution in [0.5, 0.6) is 0 Å². The molecule has 2 heterocycles. The van der Waals surface area contributed by atoms with Crippen molar-refractivity contribution in [3.63, 3.8) is 0 Å². The van der Waals surface area contributed by atoms with Gasteiger partial charge in [-0.1, -0.05) is 36.4 Å². The van der Waals surface area contributed by atoms with Crippen LogP contribution in [-0.4, -0.2) is 54.9 Å². The van der Waals surface area contributed by atoms with E-state index in [2.05, 4.69) is 5.32 Å². The molecular formula is C23H25F4N3O2. The van der Waals surface area contributed by atoms with Crippen LogP contribution in [0.4, 0.5) is 17.6 Å². The number of carbonyl (C=O) groups is 1. The summed E-state index contributed by atoms with van der Waals surface area (Å²) in [5.74, 6) is -0.631. The molecule has 3 N–H and O–H groups in total. The quantitative estimate of drug-likeness (QED) is 0.702. The number of fused-ring (bicyclic) bond motifs is 1. The van der Waals surface area contributed by atoms with Crippen LogP contribution in [-0.2, 0) is 16.0 Å². The molecule has 1 amide bonds. The molecule has 1 fully saturated rings. The monoisotopic (exact) mass is 451 g/mol. The van der Waals surface area contributed by atoms with Crippen molar-refractivity contribution in [2.45, 2.75) is 43.2 Å². The van der Waals surface area contributed by atoms with E-state index in [1.165, 1.54) is 12.1 Å². The molecule has 32 heavy (non-hydrogen) atoms. The van der Waals surface area contributed by atoms with Crippen molar-refractivity contribution < 1.29 is 27.1 Å². The molecule has 4 rings (SSSR count). The van der Waals surface area contributed by atoms with Crippen LogP contribution in [0.25, 0.3) is 0 Å². The van der Waals surface area contributed by atoms with E-state index in [-0.39, 0.29) is 24.8 Å². The van der Waals surface area contributed by atoms with Crippen LogP contribution < -0.4 is 11.1 Å². The van der Waals surface area contributed by atoms with Gasteiger partial charge in [-0.15, -0.1) is 0 Å². The predicted octanol–water partition coefficient (Wildman–Crippen LogP) is 2.94. The smallest absolute Gasteiger partial charge is 0.367 e. The molecule has 0 bridgehead atoms. The summed E-state index contributed by atoms with van der Waals surface area (Å²) in [7, 11) is 0. The zero-order valence-electron chi connectivity index (χ0n) is 17.3. The van der Waals surface area contributed by atoms with Gasteiger partial charge in [-0.2, -0.15) is 13.2 Å². The minimum Gasteiger partial charge on any atom is -0.367 e. The van der Waals surface area contributed by atoms with Gasteiger partial charge in [0.2, 0.25) is 0 Å². The molecule has 0 saturated carbocycles. The summed E-state index contributed by atoms with van der Waals surface area (Å²) in [5.41, 5.74) is 8.93. The minimum absolute atomic E-state index is 0.0840. The van der Waals surface area contributed by atoms with Gasteiger partial charge in [0, 0.05) is 18.6 Å². The molecular weight excluding hydrogens is 426 g/mol. The van der Waals surface area contributed by atoms with Gasteiger partial charge < -0.3 is 20.7 Å². The van der Waals surface area contributed by atoms with Crippen molar-refractivity contribution in [2.75, 3.05) is 19.7 Å². The van der Waals surface area contributed by atoms with Gasteiger partial charge in [-0.25, -0.2) is 4.39 Å². The Morgan fingerprint density at radius 1 is 1.16 bits per heavy atom.